The van der Waals surface area contributed by atoms with Gasteiger partial charge in [0.1, 0.15) is 11.7 Å². The van der Waals surface area contributed by atoms with E-state index in [0.717, 1.165) is 22.4 Å². The summed E-state index contributed by atoms with van der Waals surface area (Å²) in [4.78, 5) is 41.5. The second kappa shape index (κ2) is 7.25. The first-order chi connectivity index (χ1) is 16.5. The van der Waals surface area contributed by atoms with Crippen LogP contribution in [0.5, 0.6) is 5.75 Å². The van der Waals surface area contributed by atoms with Crippen molar-refractivity contribution in [3.63, 3.8) is 0 Å². The van der Waals surface area contributed by atoms with Crippen molar-refractivity contribution >= 4 is 17.5 Å². The van der Waals surface area contributed by atoms with Gasteiger partial charge in [-0.2, -0.15) is 0 Å². The van der Waals surface area contributed by atoms with Crippen LogP contribution in [0.2, 0.25) is 0 Å². The number of nitro groups is 1. The molecule has 2 atom stereocenters. The molecular weight excluding hydrogens is 432 g/mol. The van der Waals surface area contributed by atoms with Crippen LogP contribution >= 0.6 is 0 Å². The molecule has 0 spiro atoms. The van der Waals surface area contributed by atoms with Crippen molar-refractivity contribution in [3.8, 4) is 5.75 Å². The van der Waals surface area contributed by atoms with Gasteiger partial charge in [0.2, 0.25) is 11.8 Å². The lowest BCUT2D eigenvalue weighted by atomic mass is 9.51. The molecule has 170 valence electrons. The second-order valence-corrected chi connectivity index (χ2v) is 9.03. The van der Waals surface area contributed by atoms with E-state index < -0.39 is 35.1 Å². The highest BCUT2D eigenvalue weighted by Crippen LogP contribution is 2.64. The molecule has 1 aliphatic heterocycles. The zero-order chi connectivity index (χ0) is 23.6. The summed E-state index contributed by atoms with van der Waals surface area (Å²) in [5.41, 5.74) is 1.13. The summed E-state index contributed by atoms with van der Waals surface area (Å²) >= 11 is 0. The fourth-order valence-electron chi connectivity index (χ4n) is 6.21. The third-order valence-corrected chi connectivity index (χ3v) is 7.43. The topological polar surface area (TPSA) is 89.8 Å². The van der Waals surface area contributed by atoms with Crippen LogP contribution in [0.25, 0.3) is 0 Å². The number of imide groups is 1. The van der Waals surface area contributed by atoms with Gasteiger partial charge < -0.3 is 4.74 Å². The summed E-state index contributed by atoms with van der Waals surface area (Å²) in [6, 6.07) is 21.1. The number of amides is 2. The minimum atomic E-state index is -1.81. The van der Waals surface area contributed by atoms with E-state index in [0.29, 0.717) is 29.2 Å². The quantitative estimate of drug-likeness (QED) is 0.326. The molecular formula is C27H22N2O5. The molecule has 1 heterocycles. The third-order valence-electron chi connectivity index (χ3n) is 7.43. The van der Waals surface area contributed by atoms with E-state index >= 15 is 0 Å². The fraction of sp³-hybridized carbons (Fsp3) is 0.259. The maximum Gasteiger partial charge on any atom is 0.285 e. The van der Waals surface area contributed by atoms with E-state index in [2.05, 4.69) is 0 Å². The normalized spacial score (nSPS) is 26.1. The Hall–Kier alpha value is -4.00. The average Bonchev–Trinajstić information content (AvgIpc) is 3.13. The lowest BCUT2D eigenvalue weighted by molar-refractivity contribution is -0.578. The highest BCUT2D eigenvalue weighted by Gasteiger charge is 2.74. The van der Waals surface area contributed by atoms with Gasteiger partial charge >= 0.3 is 0 Å². The largest absolute Gasteiger partial charge is 0.494 e. The minimum Gasteiger partial charge on any atom is -0.494 e. The van der Waals surface area contributed by atoms with E-state index in [4.69, 9.17) is 4.74 Å². The molecule has 34 heavy (non-hydrogen) atoms. The van der Waals surface area contributed by atoms with E-state index in [1.165, 1.54) is 0 Å². The predicted molar refractivity (Wildman–Crippen MR) is 124 cm³/mol. The van der Waals surface area contributed by atoms with Crippen molar-refractivity contribution in [2.45, 2.75) is 24.8 Å². The number of rotatable bonds is 5. The van der Waals surface area contributed by atoms with Gasteiger partial charge in [-0.25, -0.2) is 4.90 Å². The standard InChI is InChI=1S/C27H22N2O5/c1-2-15-34-17-13-11-16(12-14-17)28-25(30)23-22-18-7-3-5-9-20(18)27(29(32)33,24(23)26(28)31)21-10-6-4-8-19(21)22/h3-14,22-24H,2,15H2,1H3/t22?,23-,24-,27?/m0/s1. The molecule has 0 unspecified atom stereocenters. The molecule has 2 amide bonds. The Kier molecular flexibility index (Phi) is 4.39. The molecule has 7 rings (SSSR count). The molecule has 0 saturated carbocycles. The number of ether oxygens (including phenoxy) is 1. The highest BCUT2D eigenvalue weighted by atomic mass is 16.6. The monoisotopic (exact) mass is 454 g/mol. The molecule has 2 bridgehead atoms. The number of hydrogen-bond donors (Lipinski definition) is 0. The Bertz CT molecular complexity index is 1300. The van der Waals surface area contributed by atoms with Crippen molar-refractivity contribution < 1.29 is 19.2 Å². The van der Waals surface area contributed by atoms with E-state index in [9.17, 15) is 19.7 Å². The van der Waals surface area contributed by atoms with Crippen molar-refractivity contribution in [2.24, 2.45) is 11.8 Å². The molecule has 1 saturated heterocycles. The van der Waals surface area contributed by atoms with Crippen LogP contribution in [-0.2, 0) is 15.1 Å². The number of carbonyl (C=O) groups is 2. The smallest absolute Gasteiger partial charge is 0.285 e. The SMILES string of the molecule is CCCOc1ccc(N2C(=O)[C@@H]3[C@@H](C2=O)C2c4ccccc4C3([N+](=O)[O-])c3ccccc32)cc1. The Labute approximate surface area is 196 Å². The third kappa shape index (κ3) is 2.41. The molecule has 0 radical (unpaired) electrons. The van der Waals surface area contributed by atoms with Gasteiger partial charge in [0.25, 0.3) is 5.54 Å². The van der Waals surface area contributed by atoms with Crippen LogP contribution in [-0.4, -0.2) is 23.3 Å². The first-order valence-electron chi connectivity index (χ1n) is 11.5. The van der Waals surface area contributed by atoms with Gasteiger partial charge in [0, 0.05) is 22.0 Å². The maximum atomic E-state index is 13.9. The van der Waals surface area contributed by atoms with Crippen LogP contribution in [0.1, 0.15) is 41.5 Å². The maximum absolute atomic E-state index is 13.9. The van der Waals surface area contributed by atoms with Crippen LogP contribution < -0.4 is 9.64 Å². The zero-order valence-electron chi connectivity index (χ0n) is 18.5. The van der Waals surface area contributed by atoms with Gasteiger partial charge in [-0.05, 0) is 41.8 Å². The van der Waals surface area contributed by atoms with Crippen LogP contribution in [0, 0.1) is 22.0 Å². The molecule has 7 heteroatoms. The molecule has 0 aromatic heterocycles. The van der Waals surface area contributed by atoms with E-state index in [-0.39, 0.29) is 4.92 Å². The first-order valence-corrected chi connectivity index (χ1v) is 11.5. The Morgan fingerprint density at radius 3 is 2.06 bits per heavy atom. The average molecular weight is 454 g/mol. The van der Waals surface area contributed by atoms with Crippen LogP contribution in [0.3, 0.4) is 0 Å². The van der Waals surface area contributed by atoms with Crippen molar-refractivity contribution in [2.75, 3.05) is 11.5 Å². The van der Waals surface area contributed by atoms with Crippen molar-refractivity contribution in [1.29, 1.82) is 0 Å². The van der Waals surface area contributed by atoms with E-state index in [1.807, 2.05) is 31.2 Å². The Morgan fingerprint density at radius 1 is 0.912 bits per heavy atom. The summed E-state index contributed by atoms with van der Waals surface area (Å²) < 4.78 is 5.62. The van der Waals surface area contributed by atoms with Gasteiger partial charge in [0.15, 0.2) is 0 Å². The summed E-state index contributed by atoms with van der Waals surface area (Å²) in [6.07, 6.45) is 0.861. The molecule has 3 aromatic carbocycles. The van der Waals surface area contributed by atoms with Gasteiger partial charge in [-0.15, -0.1) is 0 Å². The minimum absolute atomic E-state index is 0.353. The Balaban J connectivity index is 1.54. The van der Waals surface area contributed by atoms with Crippen LogP contribution in [0.4, 0.5) is 5.69 Å². The highest BCUT2D eigenvalue weighted by molar-refractivity contribution is 6.23. The zero-order valence-corrected chi connectivity index (χ0v) is 18.5. The Morgan fingerprint density at radius 2 is 1.50 bits per heavy atom. The van der Waals surface area contributed by atoms with Crippen LogP contribution in [0.15, 0.2) is 72.8 Å². The molecule has 3 aliphatic carbocycles. The molecule has 7 nitrogen and oxygen atoms in total. The van der Waals surface area contributed by atoms with Gasteiger partial charge in [0.05, 0.1) is 18.2 Å². The lowest BCUT2D eigenvalue weighted by Gasteiger charge is -2.48. The number of nitrogens with zero attached hydrogens (tertiary/aromatic N) is 2. The van der Waals surface area contributed by atoms with Gasteiger partial charge in [-0.1, -0.05) is 55.5 Å². The number of benzene rings is 3. The lowest BCUT2D eigenvalue weighted by Crippen LogP contribution is -2.57. The van der Waals surface area contributed by atoms with E-state index in [1.54, 1.807) is 48.5 Å². The fourth-order valence-corrected chi connectivity index (χ4v) is 6.21. The number of carbonyl (C=O) groups excluding carboxylic acids is 2. The summed E-state index contributed by atoms with van der Waals surface area (Å²) in [7, 11) is 0. The van der Waals surface area contributed by atoms with Gasteiger partial charge in [-0.3, -0.25) is 19.7 Å². The van der Waals surface area contributed by atoms with Crippen molar-refractivity contribution in [1.82, 2.24) is 0 Å². The summed E-state index contributed by atoms with van der Waals surface area (Å²) in [6.45, 7) is 2.57. The molecule has 1 fully saturated rings. The molecule has 0 N–H and O–H groups in total. The number of anilines is 1. The number of hydrogen-bond acceptors (Lipinski definition) is 5. The summed E-state index contributed by atoms with van der Waals surface area (Å²) in [5.74, 6) is -2.63. The molecule has 4 aliphatic rings. The van der Waals surface area contributed by atoms with Crippen molar-refractivity contribution in [3.05, 3.63) is 105 Å². The summed E-state index contributed by atoms with van der Waals surface area (Å²) in [5, 5.41) is 12.9. The molecule has 3 aromatic rings. The second-order valence-electron chi connectivity index (χ2n) is 9.03. The predicted octanol–water partition coefficient (Wildman–Crippen LogP) is 4.26. The first kappa shape index (κ1) is 20.6.